The fourth-order valence-corrected chi connectivity index (χ4v) is 2.30. The van der Waals surface area contributed by atoms with Gasteiger partial charge < -0.3 is 4.90 Å². The Morgan fingerprint density at radius 2 is 1.78 bits per heavy atom. The third-order valence-electron chi connectivity index (χ3n) is 3.09. The Kier molecular flexibility index (Phi) is 2.84. The molecule has 1 aliphatic rings. The van der Waals surface area contributed by atoms with Crippen molar-refractivity contribution in [3.05, 3.63) is 59.1 Å². The van der Waals surface area contributed by atoms with E-state index in [0.717, 1.165) is 21.2 Å². The zero-order chi connectivity index (χ0) is 12.5. The topological polar surface area (TPSA) is 15.6 Å². The quantitative estimate of drug-likeness (QED) is 0.771. The smallest absolute Gasteiger partial charge is 0.122 e. The van der Waals surface area contributed by atoms with Crippen molar-refractivity contribution in [2.24, 2.45) is 4.99 Å². The summed E-state index contributed by atoms with van der Waals surface area (Å²) in [6.45, 7) is 2.10. The lowest BCUT2D eigenvalue weighted by Gasteiger charge is -2.27. The Balaban J connectivity index is 2.10. The van der Waals surface area contributed by atoms with Crippen LogP contribution in [0.5, 0.6) is 0 Å². The maximum Gasteiger partial charge on any atom is 0.122 e. The molecule has 90 valence electrons. The standard InChI is InChI=1S/C15H14N2S/c1-11-16-15-5-3-2-4-12(15)10-17(11)13-6-8-14(18)9-7-13/h2-11,18H,1H3. The summed E-state index contributed by atoms with van der Waals surface area (Å²) in [5, 5.41) is 2.22. The zero-order valence-corrected chi connectivity index (χ0v) is 11.0. The van der Waals surface area contributed by atoms with Gasteiger partial charge in [-0.2, -0.15) is 0 Å². The zero-order valence-electron chi connectivity index (χ0n) is 10.1. The molecule has 0 saturated carbocycles. The van der Waals surface area contributed by atoms with Gasteiger partial charge in [0.05, 0.1) is 5.36 Å². The van der Waals surface area contributed by atoms with Crippen LogP contribution >= 0.6 is 12.6 Å². The molecule has 0 fully saturated rings. The van der Waals surface area contributed by atoms with Crippen LogP contribution in [0.4, 0.5) is 5.69 Å². The molecule has 2 aromatic carbocycles. The first-order chi connectivity index (χ1) is 8.74. The number of thiol groups is 1. The van der Waals surface area contributed by atoms with E-state index in [0.29, 0.717) is 0 Å². The second-order valence-electron chi connectivity index (χ2n) is 4.37. The number of para-hydroxylation sites is 1. The third-order valence-corrected chi connectivity index (χ3v) is 3.39. The van der Waals surface area contributed by atoms with Crippen molar-refractivity contribution in [3.8, 4) is 0 Å². The van der Waals surface area contributed by atoms with Crippen molar-refractivity contribution in [3.63, 3.8) is 0 Å². The lowest BCUT2D eigenvalue weighted by molar-refractivity contribution is 0.729. The van der Waals surface area contributed by atoms with Crippen molar-refractivity contribution >= 4 is 24.5 Å². The summed E-state index contributed by atoms with van der Waals surface area (Å²) >= 11 is 4.31. The van der Waals surface area contributed by atoms with Crippen LogP contribution in [0.3, 0.4) is 0 Å². The number of anilines is 1. The van der Waals surface area contributed by atoms with Gasteiger partial charge in [-0.1, -0.05) is 18.2 Å². The van der Waals surface area contributed by atoms with Crippen molar-refractivity contribution in [1.29, 1.82) is 0 Å². The summed E-state index contributed by atoms with van der Waals surface area (Å²) in [5.41, 5.74) is 1.14. The minimum atomic E-state index is 0.116. The van der Waals surface area contributed by atoms with E-state index in [1.165, 1.54) is 0 Å². The highest BCUT2D eigenvalue weighted by Gasteiger charge is 2.13. The van der Waals surface area contributed by atoms with Gasteiger partial charge >= 0.3 is 0 Å². The summed E-state index contributed by atoms with van der Waals surface area (Å²) in [5.74, 6) is 0. The first-order valence-electron chi connectivity index (χ1n) is 5.96. The molecule has 3 heteroatoms. The Labute approximate surface area is 112 Å². The maximum atomic E-state index is 4.70. The summed E-state index contributed by atoms with van der Waals surface area (Å²) in [6.07, 6.45) is 2.27. The molecule has 2 nitrogen and oxygen atoms in total. The molecule has 18 heavy (non-hydrogen) atoms. The molecule has 1 aliphatic heterocycles. The van der Waals surface area contributed by atoms with E-state index in [-0.39, 0.29) is 6.17 Å². The molecule has 2 aromatic rings. The fraction of sp³-hybridized carbons (Fsp3) is 0.133. The highest BCUT2D eigenvalue weighted by atomic mass is 32.1. The molecule has 0 radical (unpaired) electrons. The number of benzene rings is 2. The Morgan fingerprint density at radius 1 is 1.06 bits per heavy atom. The summed E-state index contributed by atoms with van der Waals surface area (Å²) < 4.78 is 0. The van der Waals surface area contributed by atoms with Crippen LogP contribution in [0.15, 0.2) is 58.4 Å². The summed E-state index contributed by atoms with van der Waals surface area (Å²) in [6, 6.07) is 16.3. The van der Waals surface area contributed by atoms with Crippen LogP contribution in [-0.2, 0) is 0 Å². The predicted octanol–water partition coefficient (Wildman–Crippen LogP) is 2.20. The second kappa shape index (κ2) is 4.50. The monoisotopic (exact) mass is 254 g/mol. The third kappa shape index (κ3) is 2.02. The van der Waals surface area contributed by atoms with Gasteiger partial charge in [-0.05, 0) is 37.3 Å². The van der Waals surface area contributed by atoms with Crippen molar-refractivity contribution in [1.82, 2.24) is 0 Å². The van der Waals surface area contributed by atoms with Gasteiger partial charge in [0.15, 0.2) is 0 Å². The van der Waals surface area contributed by atoms with Gasteiger partial charge in [-0.3, -0.25) is 4.99 Å². The van der Waals surface area contributed by atoms with Gasteiger partial charge in [0, 0.05) is 22.0 Å². The van der Waals surface area contributed by atoms with Crippen LogP contribution in [0.25, 0.3) is 6.20 Å². The molecule has 0 bridgehead atoms. The van der Waals surface area contributed by atoms with Crippen LogP contribution in [0, 0.1) is 0 Å². The SMILES string of the molecule is CC1N=c2ccccc2=CN1c1ccc(S)cc1. The number of hydrogen-bond acceptors (Lipinski definition) is 3. The molecule has 1 atom stereocenters. The molecule has 1 unspecified atom stereocenters. The van der Waals surface area contributed by atoms with Gasteiger partial charge in [-0.25, -0.2) is 0 Å². The first-order valence-corrected chi connectivity index (χ1v) is 6.41. The van der Waals surface area contributed by atoms with Gasteiger partial charge in [0.25, 0.3) is 0 Å². The molecule has 0 saturated heterocycles. The summed E-state index contributed by atoms with van der Waals surface area (Å²) in [4.78, 5) is 7.85. The molecule has 0 amide bonds. The predicted molar refractivity (Wildman–Crippen MR) is 77.3 cm³/mol. The second-order valence-corrected chi connectivity index (χ2v) is 4.89. The molecule has 0 spiro atoms. The van der Waals surface area contributed by atoms with E-state index in [1.54, 1.807) is 0 Å². The average molecular weight is 254 g/mol. The number of nitrogens with zero attached hydrogens (tertiary/aromatic N) is 2. The lowest BCUT2D eigenvalue weighted by Crippen LogP contribution is -2.40. The van der Waals surface area contributed by atoms with Gasteiger partial charge in [0.1, 0.15) is 6.17 Å². The highest BCUT2D eigenvalue weighted by Crippen LogP contribution is 2.20. The molecule has 0 N–H and O–H groups in total. The van der Waals surface area contributed by atoms with E-state index in [2.05, 4.69) is 54.9 Å². The molecule has 0 aliphatic carbocycles. The van der Waals surface area contributed by atoms with Gasteiger partial charge in [-0.15, -0.1) is 12.6 Å². The molecule has 3 rings (SSSR count). The number of hydrogen-bond donors (Lipinski definition) is 1. The van der Waals surface area contributed by atoms with Crippen LogP contribution in [0.2, 0.25) is 0 Å². The lowest BCUT2D eigenvalue weighted by atomic mass is 10.2. The van der Waals surface area contributed by atoms with E-state index in [9.17, 15) is 0 Å². The molecular weight excluding hydrogens is 240 g/mol. The highest BCUT2D eigenvalue weighted by molar-refractivity contribution is 7.80. The molecule has 1 heterocycles. The van der Waals surface area contributed by atoms with E-state index >= 15 is 0 Å². The van der Waals surface area contributed by atoms with E-state index < -0.39 is 0 Å². The first kappa shape index (κ1) is 11.4. The number of fused-ring (bicyclic) bond motifs is 1. The average Bonchev–Trinajstić information content (AvgIpc) is 2.39. The minimum Gasteiger partial charge on any atom is -0.325 e. The van der Waals surface area contributed by atoms with Crippen LogP contribution < -0.4 is 15.5 Å². The van der Waals surface area contributed by atoms with E-state index in [4.69, 9.17) is 4.99 Å². The summed E-state index contributed by atoms with van der Waals surface area (Å²) in [7, 11) is 0. The normalized spacial score (nSPS) is 17.7. The minimum absolute atomic E-state index is 0.116. The van der Waals surface area contributed by atoms with Crippen LogP contribution in [0.1, 0.15) is 6.92 Å². The Hall–Kier alpha value is -1.74. The number of rotatable bonds is 1. The Morgan fingerprint density at radius 3 is 2.56 bits per heavy atom. The fourth-order valence-electron chi connectivity index (χ4n) is 2.15. The van der Waals surface area contributed by atoms with E-state index in [1.807, 2.05) is 24.3 Å². The maximum absolute atomic E-state index is 4.70. The molecule has 0 aromatic heterocycles. The molecular formula is C15H14N2S. The van der Waals surface area contributed by atoms with Crippen LogP contribution in [-0.4, -0.2) is 6.17 Å². The largest absolute Gasteiger partial charge is 0.325 e. The Bertz CT molecular complexity index is 676. The van der Waals surface area contributed by atoms with Crippen molar-refractivity contribution in [2.75, 3.05) is 4.90 Å². The van der Waals surface area contributed by atoms with Crippen molar-refractivity contribution < 1.29 is 0 Å². The van der Waals surface area contributed by atoms with Gasteiger partial charge in [0.2, 0.25) is 0 Å². The van der Waals surface area contributed by atoms with Crippen molar-refractivity contribution in [2.45, 2.75) is 18.0 Å².